The maximum atomic E-state index is 11.5. The van der Waals surface area contributed by atoms with Gasteiger partial charge in [0, 0.05) is 6.61 Å². The Morgan fingerprint density at radius 3 is 1.50 bits per heavy atom. The molecule has 0 radical (unpaired) electrons. The van der Waals surface area contributed by atoms with E-state index in [-0.39, 0.29) is 0 Å². The van der Waals surface area contributed by atoms with Crippen LogP contribution >= 0.6 is 0 Å². The Kier molecular flexibility index (Phi) is 18.0. The van der Waals surface area contributed by atoms with Crippen LogP contribution in [0, 0.1) is 0 Å². The molecule has 28 heavy (non-hydrogen) atoms. The Bertz CT molecular complexity index is 355. The summed E-state index contributed by atoms with van der Waals surface area (Å²) in [5, 5.41) is 10.1. The second kappa shape index (κ2) is 18.4. The fourth-order valence-corrected chi connectivity index (χ4v) is 3.45. The molecule has 4 heteroatoms. The van der Waals surface area contributed by atoms with Crippen LogP contribution in [0.2, 0.25) is 0 Å². The molecular weight excluding hydrogens is 352 g/mol. The molecule has 1 N–H and O–H groups in total. The molecule has 0 aliphatic heterocycles. The Hall–Kier alpha value is -0.610. The summed E-state index contributed by atoms with van der Waals surface area (Å²) in [6.45, 7) is 6.00. The number of esters is 1. The maximum Gasteiger partial charge on any atom is 0.340 e. The third kappa shape index (κ3) is 14.4. The highest BCUT2D eigenvalue weighted by molar-refractivity contribution is 5.79. The van der Waals surface area contributed by atoms with Crippen LogP contribution in [0.25, 0.3) is 0 Å². The van der Waals surface area contributed by atoms with Crippen LogP contribution in [0.5, 0.6) is 0 Å². The van der Waals surface area contributed by atoms with Crippen LogP contribution in [0.3, 0.4) is 0 Å². The van der Waals surface area contributed by atoms with E-state index in [1.165, 1.54) is 104 Å². The smallest absolute Gasteiger partial charge is 0.340 e. The number of methoxy groups -OCH3 is 1. The van der Waals surface area contributed by atoms with Gasteiger partial charge in [-0.2, -0.15) is 0 Å². The zero-order valence-electron chi connectivity index (χ0n) is 19.3. The summed E-state index contributed by atoms with van der Waals surface area (Å²) in [6, 6.07) is 0. The van der Waals surface area contributed by atoms with E-state index >= 15 is 0 Å². The summed E-state index contributed by atoms with van der Waals surface area (Å²) < 4.78 is 10.2. The molecule has 4 nitrogen and oxygen atoms in total. The van der Waals surface area contributed by atoms with E-state index in [1.54, 1.807) is 6.92 Å². The van der Waals surface area contributed by atoms with Gasteiger partial charge < -0.3 is 14.6 Å². The van der Waals surface area contributed by atoms with Gasteiger partial charge in [0.05, 0.1) is 13.2 Å². The fourth-order valence-electron chi connectivity index (χ4n) is 3.45. The van der Waals surface area contributed by atoms with Crippen molar-refractivity contribution in [2.45, 2.75) is 135 Å². The summed E-state index contributed by atoms with van der Waals surface area (Å²) in [6.07, 6.45) is 20.9. The molecule has 168 valence electrons. The lowest BCUT2D eigenvalue weighted by atomic mass is 10.0. The summed E-state index contributed by atoms with van der Waals surface area (Å²) in [4.78, 5) is 11.5. The third-order valence-corrected chi connectivity index (χ3v) is 5.76. The van der Waals surface area contributed by atoms with Gasteiger partial charge in [-0.05, 0) is 20.3 Å². The molecule has 0 aliphatic rings. The van der Waals surface area contributed by atoms with Gasteiger partial charge in [0.15, 0.2) is 5.60 Å². The van der Waals surface area contributed by atoms with Gasteiger partial charge in [-0.1, -0.05) is 103 Å². The summed E-state index contributed by atoms with van der Waals surface area (Å²) in [7, 11) is 1.28. The lowest BCUT2D eigenvalue weighted by Gasteiger charge is -2.27. The molecule has 2 atom stereocenters. The van der Waals surface area contributed by atoms with Gasteiger partial charge in [-0.3, -0.25) is 0 Å². The van der Waals surface area contributed by atoms with E-state index in [9.17, 15) is 9.90 Å². The molecule has 0 bridgehead atoms. The van der Waals surface area contributed by atoms with Crippen LogP contribution in [0.15, 0.2) is 0 Å². The topological polar surface area (TPSA) is 55.8 Å². The van der Waals surface area contributed by atoms with Crippen molar-refractivity contribution in [2.75, 3.05) is 13.7 Å². The van der Waals surface area contributed by atoms with Crippen molar-refractivity contribution in [3.8, 4) is 0 Å². The molecule has 0 heterocycles. The van der Waals surface area contributed by atoms with Crippen molar-refractivity contribution in [2.24, 2.45) is 0 Å². The zero-order valence-corrected chi connectivity index (χ0v) is 19.3. The third-order valence-electron chi connectivity index (χ3n) is 5.76. The van der Waals surface area contributed by atoms with E-state index in [1.807, 2.05) is 0 Å². The second-order valence-corrected chi connectivity index (χ2v) is 8.46. The Balaban J connectivity index is 3.31. The minimum Gasteiger partial charge on any atom is -0.467 e. The van der Waals surface area contributed by atoms with E-state index in [2.05, 4.69) is 11.7 Å². The van der Waals surface area contributed by atoms with Crippen LogP contribution in [-0.4, -0.2) is 36.5 Å². The molecule has 0 aromatic heterocycles. The first-order valence-corrected chi connectivity index (χ1v) is 11.9. The van der Waals surface area contributed by atoms with E-state index in [4.69, 9.17) is 4.74 Å². The first-order valence-electron chi connectivity index (χ1n) is 11.9. The molecule has 0 aromatic carbocycles. The fraction of sp³-hybridized carbons (Fsp3) is 0.958. The number of carbonyl (C=O) groups is 1. The van der Waals surface area contributed by atoms with Crippen molar-refractivity contribution in [1.82, 2.24) is 0 Å². The van der Waals surface area contributed by atoms with Crippen molar-refractivity contribution in [1.29, 1.82) is 0 Å². The highest BCUT2D eigenvalue weighted by atomic mass is 16.6. The number of hydrogen-bond acceptors (Lipinski definition) is 4. The molecule has 0 amide bonds. The number of aliphatic hydroxyl groups is 1. The highest BCUT2D eigenvalue weighted by Gasteiger charge is 2.38. The molecular formula is C24H48O4. The maximum absolute atomic E-state index is 11.5. The summed E-state index contributed by atoms with van der Waals surface area (Å²) >= 11 is 0. The van der Waals surface area contributed by atoms with Gasteiger partial charge in [-0.25, -0.2) is 4.79 Å². The lowest BCUT2D eigenvalue weighted by Crippen LogP contribution is -2.47. The lowest BCUT2D eigenvalue weighted by molar-refractivity contribution is -0.175. The number of rotatable bonds is 20. The van der Waals surface area contributed by atoms with Gasteiger partial charge in [0.1, 0.15) is 0 Å². The van der Waals surface area contributed by atoms with Crippen molar-refractivity contribution < 1.29 is 19.4 Å². The SMILES string of the molecule is CCCCCCCCCCCCCCCCCCO[C@@H](C)[C@@](C)(O)C(=O)OC. The number of hydrogen-bond donors (Lipinski definition) is 1. The van der Waals surface area contributed by atoms with Gasteiger partial charge in [-0.15, -0.1) is 0 Å². The van der Waals surface area contributed by atoms with Gasteiger partial charge in [0.2, 0.25) is 0 Å². The first-order chi connectivity index (χ1) is 13.5. The van der Waals surface area contributed by atoms with Crippen molar-refractivity contribution >= 4 is 5.97 Å². The predicted octanol–water partition coefficient (Wildman–Crippen LogP) is 6.58. The molecule has 0 spiro atoms. The van der Waals surface area contributed by atoms with Crippen LogP contribution in [-0.2, 0) is 14.3 Å². The number of carbonyl (C=O) groups excluding carboxylic acids is 1. The number of ether oxygens (including phenoxy) is 2. The largest absolute Gasteiger partial charge is 0.467 e. The number of unbranched alkanes of at least 4 members (excludes halogenated alkanes) is 15. The predicted molar refractivity (Wildman–Crippen MR) is 118 cm³/mol. The highest BCUT2D eigenvalue weighted by Crippen LogP contribution is 2.16. The Morgan fingerprint density at radius 1 is 0.786 bits per heavy atom. The molecule has 0 aromatic rings. The first kappa shape index (κ1) is 27.4. The normalized spacial score (nSPS) is 14.6. The zero-order chi connectivity index (χ0) is 21.1. The second-order valence-electron chi connectivity index (χ2n) is 8.46. The molecule has 0 aliphatic carbocycles. The van der Waals surface area contributed by atoms with E-state index in [0.717, 1.165) is 12.8 Å². The molecule has 0 unspecified atom stereocenters. The average molecular weight is 401 g/mol. The molecule has 0 rings (SSSR count). The average Bonchev–Trinajstić information content (AvgIpc) is 2.69. The van der Waals surface area contributed by atoms with Crippen LogP contribution in [0.1, 0.15) is 124 Å². The van der Waals surface area contributed by atoms with E-state index < -0.39 is 17.7 Å². The monoisotopic (exact) mass is 400 g/mol. The summed E-state index contributed by atoms with van der Waals surface area (Å²) in [5.74, 6) is -0.646. The summed E-state index contributed by atoms with van der Waals surface area (Å²) in [5.41, 5.74) is -1.58. The minimum atomic E-state index is -1.58. The van der Waals surface area contributed by atoms with Gasteiger partial charge >= 0.3 is 5.97 Å². The van der Waals surface area contributed by atoms with E-state index in [0.29, 0.717) is 6.61 Å². The molecule has 0 fully saturated rings. The van der Waals surface area contributed by atoms with Crippen molar-refractivity contribution in [3.05, 3.63) is 0 Å². The van der Waals surface area contributed by atoms with Crippen molar-refractivity contribution in [3.63, 3.8) is 0 Å². The standard InChI is InChI=1S/C24H48O4/c1-5-6-7-8-9-10-11-12-13-14-15-16-17-18-19-20-21-28-22(2)24(3,26)23(25)27-4/h22,26H,5-21H2,1-4H3/t22-,24+/m0/s1. The van der Waals surface area contributed by atoms with Crippen LogP contribution in [0.4, 0.5) is 0 Å². The molecule has 0 saturated carbocycles. The minimum absolute atomic E-state index is 0.559. The van der Waals surface area contributed by atoms with Crippen LogP contribution < -0.4 is 0 Å². The Morgan fingerprint density at radius 2 is 1.14 bits per heavy atom. The Labute approximate surface area is 174 Å². The van der Waals surface area contributed by atoms with Gasteiger partial charge in [0.25, 0.3) is 0 Å². The quantitative estimate of drug-likeness (QED) is 0.185. The molecule has 0 saturated heterocycles.